The van der Waals surface area contributed by atoms with Crippen molar-refractivity contribution in [3.63, 3.8) is 0 Å². The molecular formula is C14H27N3O3S. The Morgan fingerprint density at radius 1 is 1.24 bits per heavy atom. The van der Waals surface area contributed by atoms with Crippen molar-refractivity contribution in [2.24, 2.45) is 0 Å². The van der Waals surface area contributed by atoms with E-state index in [0.29, 0.717) is 18.3 Å². The summed E-state index contributed by atoms with van der Waals surface area (Å²) in [6.07, 6.45) is 0. The van der Waals surface area contributed by atoms with Gasteiger partial charge in [-0.25, -0.2) is 12.7 Å². The molecule has 21 heavy (non-hydrogen) atoms. The third-order valence-electron chi connectivity index (χ3n) is 3.42. The lowest BCUT2D eigenvalue weighted by Gasteiger charge is -2.23. The van der Waals surface area contributed by atoms with Crippen molar-refractivity contribution in [2.45, 2.75) is 38.5 Å². The standard InChI is InChI=1S/C14H27N3O3S/c1-6-17(7-2)11-12(3)15-10-13-8-9-14(20-13)21(18,19)16(4)5/h8-9,12,15H,6-7,10-11H2,1-5H3. The molecule has 0 aliphatic carbocycles. The molecule has 1 rings (SSSR count). The number of nitrogens with one attached hydrogen (secondary N) is 1. The molecule has 1 atom stereocenters. The van der Waals surface area contributed by atoms with E-state index in [-0.39, 0.29) is 5.09 Å². The largest absolute Gasteiger partial charge is 0.447 e. The Morgan fingerprint density at radius 3 is 2.38 bits per heavy atom. The first-order valence-electron chi connectivity index (χ1n) is 7.28. The first kappa shape index (κ1) is 18.2. The fourth-order valence-corrected chi connectivity index (χ4v) is 2.79. The van der Waals surface area contributed by atoms with Gasteiger partial charge in [-0.05, 0) is 32.1 Å². The van der Waals surface area contributed by atoms with Gasteiger partial charge in [-0.3, -0.25) is 0 Å². The number of sulfonamides is 1. The fraction of sp³-hybridized carbons (Fsp3) is 0.714. The molecule has 0 spiro atoms. The van der Waals surface area contributed by atoms with Gasteiger partial charge in [0.25, 0.3) is 10.0 Å². The smallest absolute Gasteiger partial charge is 0.275 e. The Hall–Kier alpha value is -0.890. The van der Waals surface area contributed by atoms with Crippen LogP contribution in [0.4, 0.5) is 0 Å². The highest BCUT2D eigenvalue weighted by molar-refractivity contribution is 7.88. The number of likely N-dealkylation sites (N-methyl/N-ethyl adjacent to an activating group) is 1. The van der Waals surface area contributed by atoms with Crippen LogP contribution in [0.1, 0.15) is 26.5 Å². The summed E-state index contributed by atoms with van der Waals surface area (Å²) in [5.41, 5.74) is 0. The van der Waals surface area contributed by atoms with Gasteiger partial charge in [0, 0.05) is 26.7 Å². The predicted molar refractivity (Wildman–Crippen MR) is 83.7 cm³/mol. The van der Waals surface area contributed by atoms with Gasteiger partial charge in [0.2, 0.25) is 5.09 Å². The lowest BCUT2D eigenvalue weighted by atomic mass is 10.3. The molecular weight excluding hydrogens is 290 g/mol. The maximum atomic E-state index is 11.9. The van der Waals surface area contributed by atoms with E-state index in [2.05, 4.69) is 31.0 Å². The average molecular weight is 317 g/mol. The molecule has 1 N–H and O–H groups in total. The number of rotatable bonds is 9. The van der Waals surface area contributed by atoms with Gasteiger partial charge < -0.3 is 14.6 Å². The van der Waals surface area contributed by atoms with Gasteiger partial charge in [0.15, 0.2) is 0 Å². The molecule has 0 amide bonds. The normalized spacial score (nSPS) is 14.0. The summed E-state index contributed by atoms with van der Waals surface area (Å²) in [5, 5.41) is 3.33. The van der Waals surface area contributed by atoms with E-state index in [4.69, 9.17) is 4.42 Å². The molecule has 1 aromatic heterocycles. The van der Waals surface area contributed by atoms with Crippen molar-refractivity contribution in [2.75, 3.05) is 33.7 Å². The van der Waals surface area contributed by atoms with E-state index in [1.807, 2.05) is 0 Å². The van der Waals surface area contributed by atoms with Crippen molar-refractivity contribution in [3.8, 4) is 0 Å². The van der Waals surface area contributed by atoms with Gasteiger partial charge >= 0.3 is 0 Å². The maximum absolute atomic E-state index is 11.9. The van der Waals surface area contributed by atoms with E-state index < -0.39 is 10.0 Å². The van der Waals surface area contributed by atoms with Crippen molar-refractivity contribution >= 4 is 10.0 Å². The molecule has 0 fully saturated rings. The maximum Gasteiger partial charge on any atom is 0.275 e. The van der Waals surface area contributed by atoms with Crippen LogP contribution in [0, 0.1) is 0 Å². The lowest BCUT2D eigenvalue weighted by Crippen LogP contribution is -2.38. The van der Waals surface area contributed by atoms with Crippen LogP contribution in [0.25, 0.3) is 0 Å². The lowest BCUT2D eigenvalue weighted by molar-refractivity contribution is 0.266. The van der Waals surface area contributed by atoms with E-state index in [1.165, 1.54) is 20.2 Å². The molecule has 7 heteroatoms. The van der Waals surface area contributed by atoms with Crippen molar-refractivity contribution in [1.82, 2.24) is 14.5 Å². The molecule has 0 bridgehead atoms. The van der Waals surface area contributed by atoms with Crippen LogP contribution in [-0.4, -0.2) is 57.4 Å². The Labute approximate surface area is 128 Å². The van der Waals surface area contributed by atoms with Crippen molar-refractivity contribution in [1.29, 1.82) is 0 Å². The van der Waals surface area contributed by atoms with Gasteiger partial charge in [-0.1, -0.05) is 13.8 Å². The second-order valence-corrected chi connectivity index (χ2v) is 7.36. The molecule has 122 valence electrons. The summed E-state index contributed by atoms with van der Waals surface area (Å²) < 4.78 is 30.4. The number of hydrogen-bond acceptors (Lipinski definition) is 5. The van der Waals surface area contributed by atoms with Crippen LogP contribution in [0.5, 0.6) is 0 Å². The minimum atomic E-state index is -3.49. The van der Waals surface area contributed by atoms with Gasteiger partial charge in [0.05, 0.1) is 6.54 Å². The van der Waals surface area contributed by atoms with Crippen LogP contribution in [0.15, 0.2) is 21.6 Å². The van der Waals surface area contributed by atoms with Gasteiger partial charge in [-0.15, -0.1) is 0 Å². The first-order valence-corrected chi connectivity index (χ1v) is 8.72. The fourth-order valence-electron chi connectivity index (χ4n) is 1.98. The Kier molecular flexibility index (Phi) is 6.86. The van der Waals surface area contributed by atoms with Crippen LogP contribution in [0.2, 0.25) is 0 Å². The summed E-state index contributed by atoms with van der Waals surface area (Å²) >= 11 is 0. The van der Waals surface area contributed by atoms with E-state index >= 15 is 0 Å². The number of hydrogen-bond donors (Lipinski definition) is 1. The predicted octanol–water partition coefficient (Wildman–Crippen LogP) is 1.35. The van der Waals surface area contributed by atoms with Crippen molar-refractivity contribution < 1.29 is 12.8 Å². The Morgan fingerprint density at radius 2 is 1.86 bits per heavy atom. The van der Waals surface area contributed by atoms with Gasteiger partial charge in [-0.2, -0.15) is 0 Å². The Balaban J connectivity index is 2.56. The average Bonchev–Trinajstić information content (AvgIpc) is 2.91. The topological polar surface area (TPSA) is 65.8 Å². The summed E-state index contributed by atoms with van der Waals surface area (Å²) in [6.45, 7) is 9.91. The van der Waals surface area contributed by atoms with E-state index in [0.717, 1.165) is 23.9 Å². The molecule has 1 aromatic rings. The zero-order chi connectivity index (χ0) is 16.0. The van der Waals surface area contributed by atoms with E-state index in [9.17, 15) is 8.42 Å². The molecule has 0 saturated carbocycles. The van der Waals surface area contributed by atoms with Crippen LogP contribution in [-0.2, 0) is 16.6 Å². The monoisotopic (exact) mass is 317 g/mol. The number of nitrogens with zero attached hydrogens (tertiary/aromatic N) is 2. The molecule has 0 aromatic carbocycles. The highest BCUT2D eigenvalue weighted by Crippen LogP contribution is 2.16. The molecule has 0 aliphatic heterocycles. The molecule has 6 nitrogen and oxygen atoms in total. The highest BCUT2D eigenvalue weighted by atomic mass is 32.2. The minimum absolute atomic E-state index is 0.0132. The van der Waals surface area contributed by atoms with E-state index in [1.54, 1.807) is 6.07 Å². The Bertz CT molecular complexity index is 521. The molecule has 0 saturated heterocycles. The zero-order valence-electron chi connectivity index (χ0n) is 13.6. The van der Waals surface area contributed by atoms with Crippen molar-refractivity contribution in [3.05, 3.63) is 17.9 Å². The third kappa shape index (κ3) is 5.10. The summed E-state index contributed by atoms with van der Waals surface area (Å²) in [6, 6.07) is 3.51. The quantitative estimate of drug-likeness (QED) is 0.745. The third-order valence-corrected chi connectivity index (χ3v) is 5.11. The second kappa shape index (κ2) is 7.93. The van der Waals surface area contributed by atoms with Gasteiger partial charge in [0.1, 0.15) is 5.76 Å². The first-order chi connectivity index (χ1) is 9.81. The molecule has 1 heterocycles. The highest BCUT2D eigenvalue weighted by Gasteiger charge is 2.21. The van der Waals surface area contributed by atoms with Crippen LogP contribution < -0.4 is 5.32 Å². The molecule has 0 aliphatic rings. The SMILES string of the molecule is CCN(CC)CC(C)NCc1ccc(S(=O)(=O)N(C)C)o1. The summed E-state index contributed by atoms with van der Waals surface area (Å²) in [4.78, 5) is 2.34. The summed E-state index contributed by atoms with van der Waals surface area (Å²) in [7, 11) is -0.515. The minimum Gasteiger partial charge on any atom is -0.447 e. The van der Waals surface area contributed by atoms with Crippen LogP contribution in [0.3, 0.4) is 0 Å². The molecule has 0 radical (unpaired) electrons. The van der Waals surface area contributed by atoms with Crippen LogP contribution >= 0.6 is 0 Å². The summed E-state index contributed by atoms with van der Waals surface area (Å²) in [5.74, 6) is 0.627. The molecule has 1 unspecified atom stereocenters. The zero-order valence-corrected chi connectivity index (χ0v) is 14.4. The second-order valence-electron chi connectivity index (χ2n) is 5.28. The number of furan rings is 1.